The van der Waals surface area contributed by atoms with E-state index in [1.807, 2.05) is 42.5 Å². The van der Waals surface area contributed by atoms with Gasteiger partial charge >= 0.3 is 0 Å². The van der Waals surface area contributed by atoms with E-state index in [9.17, 15) is 8.42 Å². The average molecular weight is 446 g/mol. The Morgan fingerprint density at radius 1 is 1.10 bits per heavy atom. The van der Waals surface area contributed by atoms with E-state index in [0.29, 0.717) is 34.7 Å². The third kappa shape index (κ3) is 3.68. The SMILES string of the molecule is COc1cccc(C2=NN(S(C)(=O)=O)C(c3cc4cccc(OC)c4nc3Cl)C2)c1. The predicted octanol–water partition coefficient (Wildman–Crippen LogP) is 4.02. The summed E-state index contributed by atoms with van der Waals surface area (Å²) in [5.41, 5.74) is 2.62. The maximum Gasteiger partial charge on any atom is 0.247 e. The molecule has 1 unspecified atom stereocenters. The van der Waals surface area contributed by atoms with Gasteiger partial charge in [0.25, 0.3) is 0 Å². The topological polar surface area (TPSA) is 81.1 Å². The summed E-state index contributed by atoms with van der Waals surface area (Å²) >= 11 is 6.51. The molecule has 0 fully saturated rings. The third-order valence-corrected chi connectivity index (χ3v) is 6.30. The molecule has 156 valence electrons. The number of methoxy groups -OCH3 is 2. The van der Waals surface area contributed by atoms with Crippen LogP contribution < -0.4 is 9.47 Å². The number of nitrogens with zero attached hydrogens (tertiary/aromatic N) is 3. The number of hydrogen-bond acceptors (Lipinski definition) is 6. The van der Waals surface area contributed by atoms with Crippen LogP contribution in [0.25, 0.3) is 10.9 Å². The second kappa shape index (κ2) is 7.77. The summed E-state index contributed by atoms with van der Waals surface area (Å²) in [6, 6.07) is 14.1. The monoisotopic (exact) mass is 445 g/mol. The van der Waals surface area contributed by atoms with Crippen molar-refractivity contribution in [3.63, 3.8) is 0 Å². The van der Waals surface area contributed by atoms with Crippen molar-refractivity contribution in [2.75, 3.05) is 20.5 Å². The van der Waals surface area contributed by atoms with E-state index >= 15 is 0 Å². The molecule has 0 bridgehead atoms. The molecule has 0 saturated heterocycles. The smallest absolute Gasteiger partial charge is 0.247 e. The van der Waals surface area contributed by atoms with Gasteiger partial charge in [-0.25, -0.2) is 13.4 Å². The van der Waals surface area contributed by atoms with E-state index in [-0.39, 0.29) is 5.15 Å². The van der Waals surface area contributed by atoms with Crippen molar-refractivity contribution in [1.82, 2.24) is 9.40 Å². The van der Waals surface area contributed by atoms with Crippen molar-refractivity contribution < 1.29 is 17.9 Å². The number of rotatable bonds is 5. The minimum absolute atomic E-state index is 0.216. The molecule has 0 amide bonds. The third-order valence-electron chi connectivity index (χ3n) is 4.98. The van der Waals surface area contributed by atoms with Crippen LogP contribution in [-0.2, 0) is 10.0 Å². The fourth-order valence-electron chi connectivity index (χ4n) is 3.57. The molecule has 0 spiro atoms. The van der Waals surface area contributed by atoms with Crippen molar-refractivity contribution in [3.8, 4) is 11.5 Å². The highest BCUT2D eigenvalue weighted by atomic mass is 35.5. The van der Waals surface area contributed by atoms with Gasteiger partial charge < -0.3 is 9.47 Å². The van der Waals surface area contributed by atoms with Crippen molar-refractivity contribution in [3.05, 3.63) is 64.8 Å². The molecule has 2 heterocycles. The molecule has 1 aliphatic heterocycles. The predicted molar refractivity (Wildman–Crippen MR) is 117 cm³/mol. The zero-order valence-electron chi connectivity index (χ0n) is 16.7. The summed E-state index contributed by atoms with van der Waals surface area (Å²) in [5.74, 6) is 1.27. The van der Waals surface area contributed by atoms with E-state index in [1.165, 1.54) is 0 Å². The van der Waals surface area contributed by atoms with Crippen LogP contribution in [0.15, 0.2) is 53.6 Å². The van der Waals surface area contributed by atoms with Gasteiger partial charge in [-0.15, -0.1) is 0 Å². The van der Waals surface area contributed by atoms with Crippen LogP contribution in [0.2, 0.25) is 5.15 Å². The summed E-state index contributed by atoms with van der Waals surface area (Å²) in [7, 11) is -0.492. The van der Waals surface area contributed by atoms with E-state index in [1.54, 1.807) is 20.3 Å². The second-order valence-electron chi connectivity index (χ2n) is 6.93. The van der Waals surface area contributed by atoms with Gasteiger partial charge in [0, 0.05) is 22.9 Å². The summed E-state index contributed by atoms with van der Waals surface area (Å²) < 4.78 is 36.8. The molecular weight excluding hydrogens is 426 g/mol. The minimum Gasteiger partial charge on any atom is -0.497 e. The quantitative estimate of drug-likeness (QED) is 0.554. The number of pyridine rings is 1. The van der Waals surface area contributed by atoms with Gasteiger partial charge in [-0.2, -0.15) is 9.52 Å². The lowest BCUT2D eigenvalue weighted by Crippen LogP contribution is -2.26. The summed E-state index contributed by atoms with van der Waals surface area (Å²) in [6.45, 7) is 0. The van der Waals surface area contributed by atoms with Crippen LogP contribution in [-0.4, -0.2) is 44.0 Å². The van der Waals surface area contributed by atoms with E-state index in [2.05, 4.69) is 10.1 Å². The Morgan fingerprint density at radius 3 is 2.57 bits per heavy atom. The van der Waals surface area contributed by atoms with Crippen molar-refractivity contribution >= 4 is 38.2 Å². The lowest BCUT2D eigenvalue weighted by atomic mass is 9.99. The lowest BCUT2D eigenvalue weighted by molar-refractivity contribution is 0.374. The molecule has 2 aromatic carbocycles. The molecule has 4 rings (SSSR count). The average Bonchev–Trinajstić information content (AvgIpc) is 3.19. The molecule has 9 heteroatoms. The molecule has 7 nitrogen and oxygen atoms in total. The van der Waals surface area contributed by atoms with Crippen molar-refractivity contribution in [2.24, 2.45) is 5.10 Å². The van der Waals surface area contributed by atoms with Crippen LogP contribution in [0.4, 0.5) is 0 Å². The second-order valence-corrected chi connectivity index (χ2v) is 9.13. The first-order valence-electron chi connectivity index (χ1n) is 9.16. The highest BCUT2D eigenvalue weighted by molar-refractivity contribution is 7.88. The highest BCUT2D eigenvalue weighted by Crippen LogP contribution is 2.39. The Morgan fingerprint density at radius 2 is 1.87 bits per heavy atom. The number of hydrazone groups is 1. The Kier molecular flexibility index (Phi) is 5.29. The Bertz CT molecular complexity index is 1260. The van der Waals surface area contributed by atoms with E-state index < -0.39 is 16.1 Å². The maximum atomic E-state index is 12.5. The molecule has 1 atom stereocenters. The van der Waals surface area contributed by atoms with Crippen LogP contribution in [0.5, 0.6) is 11.5 Å². The lowest BCUT2D eigenvalue weighted by Gasteiger charge is -2.22. The van der Waals surface area contributed by atoms with Crippen LogP contribution >= 0.6 is 11.6 Å². The van der Waals surface area contributed by atoms with Crippen molar-refractivity contribution in [2.45, 2.75) is 12.5 Å². The molecule has 1 aromatic heterocycles. The molecule has 3 aromatic rings. The number of aromatic nitrogens is 1. The zero-order valence-corrected chi connectivity index (χ0v) is 18.2. The van der Waals surface area contributed by atoms with Gasteiger partial charge in [0.05, 0.1) is 32.2 Å². The van der Waals surface area contributed by atoms with Gasteiger partial charge in [0.15, 0.2) is 0 Å². The fourth-order valence-corrected chi connectivity index (χ4v) is 4.73. The highest BCUT2D eigenvalue weighted by Gasteiger charge is 2.36. The number of hydrogen-bond donors (Lipinski definition) is 0. The van der Waals surface area contributed by atoms with Crippen LogP contribution in [0, 0.1) is 0 Å². The van der Waals surface area contributed by atoms with Gasteiger partial charge in [0.1, 0.15) is 22.2 Å². The minimum atomic E-state index is -3.64. The Labute approximate surface area is 179 Å². The van der Waals surface area contributed by atoms with Crippen LogP contribution in [0.1, 0.15) is 23.6 Å². The van der Waals surface area contributed by atoms with Crippen LogP contribution in [0.3, 0.4) is 0 Å². The maximum absolute atomic E-state index is 12.5. The zero-order chi connectivity index (χ0) is 21.5. The molecule has 1 aliphatic rings. The van der Waals surface area contributed by atoms with E-state index in [4.69, 9.17) is 21.1 Å². The number of halogens is 1. The van der Waals surface area contributed by atoms with Crippen molar-refractivity contribution in [1.29, 1.82) is 0 Å². The number of ether oxygens (including phenoxy) is 2. The summed E-state index contributed by atoms with van der Waals surface area (Å²) in [5, 5.41) is 5.43. The Hall–Kier alpha value is -2.84. The van der Waals surface area contributed by atoms with Gasteiger partial charge in [-0.1, -0.05) is 35.9 Å². The number of fused-ring (bicyclic) bond motifs is 1. The fraction of sp³-hybridized carbons (Fsp3) is 0.238. The first-order valence-corrected chi connectivity index (χ1v) is 11.4. The summed E-state index contributed by atoms with van der Waals surface area (Å²) in [6.07, 6.45) is 1.49. The number of benzene rings is 2. The molecule has 0 aliphatic carbocycles. The van der Waals surface area contributed by atoms with Gasteiger partial charge in [0.2, 0.25) is 10.0 Å². The summed E-state index contributed by atoms with van der Waals surface area (Å²) in [4.78, 5) is 4.48. The normalized spacial score (nSPS) is 16.6. The number of sulfonamides is 1. The first kappa shape index (κ1) is 20.4. The van der Waals surface area contributed by atoms with E-state index in [0.717, 1.165) is 21.6 Å². The molecule has 0 radical (unpaired) electrons. The largest absolute Gasteiger partial charge is 0.497 e. The molecular formula is C21H20ClN3O4S. The van der Waals surface area contributed by atoms with Gasteiger partial charge in [-0.05, 0) is 24.3 Å². The molecule has 0 saturated carbocycles. The number of para-hydroxylation sites is 1. The van der Waals surface area contributed by atoms with Gasteiger partial charge in [-0.3, -0.25) is 0 Å². The standard InChI is InChI=1S/C21H20ClN3O4S/c1-28-15-8-4-6-13(10-15)17-12-18(25(24-17)30(3,26)27)16-11-14-7-5-9-19(29-2)20(14)23-21(16)22/h4-11,18H,12H2,1-3H3. The Balaban J connectivity index is 1.81. The molecule has 0 N–H and O–H groups in total. The first-order chi connectivity index (χ1) is 14.3. The molecule has 30 heavy (non-hydrogen) atoms.